The van der Waals surface area contributed by atoms with Gasteiger partial charge in [0.25, 0.3) is 0 Å². The van der Waals surface area contributed by atoms with E-state index in [1.807, 2.05) is 0 Å². The van der Waals surface area contributed by atoms with Gasteiger partial charge in [-0.15, -0.1) is 0 Å². The Morgan fingerprint density at radius 1 is 1.12 bits per heavy atom. The fraction of sp³-hybridized carbons (Fsp3) is 0.609. The van der Waals surface area contributed by atoms with Crippen LogP contribution in [0.5, 0.6) is 0 Å². The van der Waals surface area contributed by atoms with Crippen LogP contribution >= 0.6 is 0 Å². The predicted octanol–water partition coefficient (Wildman–Crippen LogP) is 6.11. The van der Waals surface area contributed by atoms with Gasteiger partial charge < -0.3 is 5.11 Å². The van der Waals surface area contributed by atoms with E-state index < -0.39 is 0 Å². The van der Waals surface area contributed by atoms with E-state index in [0.717, 1.165) is 44.1 Å². The third-order valence-electron chi connectivity index (χ3n) is 5.44. The van der Waals surface area contributed by atoms with E-state index in [1.54, 1.807) is 0 Å². The molecule has 1 N–H and O–H groups in total. The molecular weight excluding hydrogens is 308 g/mol. The zero-order chi connectivity index (χ0) is 18.1. The Bertz CT molecular complexity index is 544. The first-order valence-corrected chi connectivity index (χ1v) is 10.1. The number of ketones is 1. The molecule has 2 heteroatoms. The van der Waals surface area contributed by atoms with Gasteiger partial charge in [0.1, 0.15) is 5.78 Å². The van der Waals surface area contributed by atoms with Crippen molar-refractivity contribution in [2.75, 3.05) is 0 Å². The summed E-state index contributed by atoms with van der Waals surface area (Å²) in [6, 6.07) is 8.37. The molecule has 1 saturated carbocycles. The highest BCUT2D eigenvalue weighted by molar-refractivity contribution is 5.84. The second-order valence-electron chi connectivity index (χ2n) is 7.39. The van der Waals surface area contributed by atoms with Gasteiger partial charge in [0.15, 0.2) is 0 Å². The summed E-state index contributed by atoms with van der Waals surface area (Å²) in [5.74, 6) is 0.883. The average molecular weight is 343 g/mol. The Morgan fingerprint density at radius 3 is 2.56 bits per heavy atom. The van der Waals surface area contributed by atoms with Gasteiger partial charge >= 0.3 is 0 Å². The summed E-state index contributed by atoms with van der Waals surface area (Å²) in [6.45, 7) is 4.35. The van der Waals surface area contributed by atoms with Crippen LogP contribution in [0.15, 0.2) is 36.4 Å². The van der Waals surface area contributed by atoms with Crippen LogP contribution in [-0.4, -0.2) is 10.9 Å². The molecule has 2 rings (SSSR count). The molecule has 3 atom stereocenters. The normalized spacial score (nSPS) is 22.0. The summed E-state index contributed by atoms with van der Waals surface area (Å²) >= 11 is 0. The van der Waals surface area contributed by atoms with Crippen molar-refractivity contribution in [3.05, 3.63) is 47.5 Å². The van der Waals surface area contributed by atoms with Gasteiger partial charge in [0.05, 0.1) is 6.10 Å². The van der Waals surface area contributed by atoms with E-state index >= 15 is 0 Å². The highest BCUT2D eigenvalue weighted by atomic mass is 16.3. The molecular formula is C23H34O2. The number of hydrogen-bond donors (Lipinski definition) is 1. The van der Waals surface area contributed by atoms with Gasteiger partial charge in [-0.05, 0) is 42.7 Å². The number of benzene rings is 1. The zero-order valence-corrected chi connectivity index (χ0v) is 15.9. The second-order valence-corrected chi connectivity index (χ2v) is 7.39. The largest absolute Gasteiger partial charge is 0.388 e. The first-order chi connectivity index (χ1) is 12.2. The van der Waals surface area contributed by atoms with Crippen molar-refractivity contribution in [1.29, 1.82) is 0 Å². The summed E-state index contributed by atoms with van der Waals surface area (Å²) in [6.07, 6.45) is 13.1. The molecule has 0 aliphatic heterocycles. The van der Waals surface area contributed by atoms with Crippen molar-refractivity contribution < 1.29 is 9.90 Å². The number of carbonyl (C=O) groups excluding carboxylic acids is 1. The molecule has 0 radical (unpaired) electrons. The number of aliphatic hydroxyl groups is 1. The summed E-state index contributed by atoms with van der Waals surface area (Å²) in [4.78, 5) is 12.3. The molecule has 1 aromatic rings. The third kappa shape index (κ3) is 5.81. The molecule has 1 fully saturated rings. The lowest BCUT2D eigenvalue weighted by molar-refractivity contribution is -0.120. The Hall–Kier alpha value is -1.41. The minimum absolute atomic E-state index is 0.133. The highest BCUT2D eigenvalue weighted by Crippen LogP contribution is 2.39. The maximum absolute atomic E-state index is 12.3. The molecule has 1 aliphatic rings. The number of Topliss-reactive ketones (excluding diaryl/α,β-unsaturated/α-hetero) is 1. The van der Waals surface area contributed by atoms with Crippen LogP contribution in [-0.2, 0) is 4.79 Å². The van der Waals surface area contributed by atoms with Gasteiger partial charge in [-0.3, -0.25) is 4.79 Å². The van der Waals surface area contributed by atoms with Crippen molar-refractivity contribution in [3.8, 4) is 0 Å². The lowest BCUT2D eigenvalue weighted by Crippen LogP contribution is -2.12. The first kappa shape index (κ1) is 19.9. The van der Waals surface area contributed by atoms with E-state index in [2.05, 4.69) is 50.3 Å². The van der Waals surface area contributed by atoms with Crippen molar-refractivity contribution in [2.45, 2.75) is 83.7 Å². The minimum atomic E-state index is -0.362. The van der Waals surface area contributed by atoms with E-state index in [4.69, 9.17) is 0 Å². The molecule has 1 aromatic carbocycles. The summed E-state index contributed by atoms with van der Waals surface area (Å²) in [7, 11) is 0. The minimum Gasteiger partial charge on any atom is -0.388 e. The number of allylic oxidation sites excluding steroid dienone is 2. The molecule has 0 spiro atoms. The number of unbranched alkanes of at least 4 members (excludes halogenated alkanes) is 3. The summed E-state index contributed by atoms with van der Waals surface area (Å²) in [5.41, 5.74) is 2.26. The van der Waals surface area contributed by atoms with Crippen molar-refractivity contribution in [1.82, 2.24) is 0 Å². The van der Waals surface area contributed by atoms with Gasteiger partial charge in [0.2, 0.25) is 0 Å². The van der Waals surface area contributed by atoms with Crippen LogP contribution in [0.2, 0.25) is 0 Å². The topological polar surface area (TPSA) is 37.3 Å². The number of rotatable bonds is 10. The number of carbonyl (C=O) groups is 1. The molecule has 0 saturated heterocycles. The quantitative estimate of drug-likeness (QED) is 0.411. The van der Waals surface area contributed by atoms with Crippen LogP contribution in [0.4, 0.5) is 0 Å². The van der Waals surface area contributed by atoms with E-state index in [0.29, 0.717) is 18.1 Å². The molecule has 2 nitrogen and oxygen atoms in total. The van der Waals surface area contributed by atoms with E-state index in [9.17, 15) is 9.90 Å². The van der Waals surface area contributed by atoms with Crippen LogP contribution in [0.25, 0.3) is 0 Å². The maximum Gasteiger partial charge on any atom is 0.136 e. The Kier molecular flexibility index (Phi) is 8.40. The second kappa shape index (κ2) is 10.6. The van der Waals surface area contributed by atoms with Gasteiger partial charge in [0, 0.05) is 12.3 Å². The maximum atomic E-state index is 12.3. The van der Waals surface area contributed by atoms with Crippen LogP contribution in [0, 0.1) is 5.92 Å². The van der Waals surface area contributed by atoms with E-state index in [-0.39, 0.29) is 12.0 Å². The SMILES string of the molecule is CCCC=CCC1C(=O)CCC1c1ccc(C(O)CCCCC)cc1. The third-order valence-corrected chi connectivity index (χ3v) is 5.44. The fourth-order valence-electron chi connectivity index (χ4n) is 3.85. The Balaban J connectivity index is 1.98. The van der Waals surface area contributed by atoms with Crippen LogP contribution in [0.1, 0.15) is 94.8 Å². The molecule has 0 amide bonds. The fourth-order valence-corrected chi connectivity index (χ4v) is 3.85. The van der Waals surface area contributed by atoms with Crippen molar-refractivity contribution in [3.63, 3.8) is 0 Å². The Morgan fingerprint density at radius 2 is 1.88 bits per heavy atom. The highest BCUT2D eigenvalue weighted by Gasteiger charge is 2.34. The number of hydrogen-bond acceptors (Lipinski definition) is 2. The standard InChI is InChI=1S/C23H34O2/c1-3-5-7-9-10-21-20(16-17-23(21)25)18-12-14-19(15-13-18)22(24)11-8-6-4-2/h7,9,12-15,20-22,24H,3-6,8,10-11,16-17H2,1-2H3. The zero-order valence-electron chi connectivity index (χ0n) is 15.9. The lowest BCUT2D eigenvalue weighted by atomic mass is 9.85. The van der Waals surface area contributed by atoms with Crippen LogP contribution in [0.3, 0.4) is 0 Å². The van der Waals surface area contributed by atoms with E-state index in [1.165, 1.54) is 18.4 Å². The predicted molar refractivity (Wildman–Crippen MR) is 105 cm³/mol. The molecule has 0 aromatic heterocycles. The molecule has 0 heterocycles. The first-order valence-electron chi connectivity index (χ1n) is 10.1. The van der Waals surface area contributed by atoms with Gasteiger partial charge in [-0.2, -0.15) is 0 Å². The molecule has 25 heavy (non-hydrogen) atoms. The summed E-state index contributed by atoms with van der Waals surface area (Å²) in [5, 5.41) is 10.3. The monoisotopic (exact) mass is 342 g/mol. The smallest absolute Gasteiger partial charge is 0.136 e. The molecule has 3 unspecified atom stereocenters. The van der Waals surface area contributed by atoms with Crippen molar-refractivity contribution in [2.24, 2.45) is 5.92 Å². The van der Waals surface area contributed by atoms with Gasteiger partial charge in [-0.1, -0.05) is 75.9 Å². The molecule has 1 aliphatic carbocycles. The average Bonchev–Trinajstić information content (AvgIpc) is 3.00. The molecule has 138 valence electrons. The Labute approximate surface area is 153 Å². The molecule has 0 bridgehead atoms. The van der Waals surface area contributed by atoms with Crippen molar-refractivity contribution >= 4 is 5.78 Å². The van der Waals surface area contributed by atoms with Gasteiger partial charge in [-0.25, -0.2) is 0 Å². The lowest BCUT2D eigenvalue weighted by Gasteiger charge is -2.19. The number of aliphatic hydroxyl groups excluding tert-OH is 1. The van der Waals surface area contributed by atoms with Crippen LogP contribution < -0.4 is 0 Å². The summed E-state index contributed by atoms with van der Waals surface area (Å²) < 4.78 is 0.